The Bertz CT molecular complexity index is 1430. The Labute approximate surface area is 200 Å². The van der Waals surface area contributed by atoms with Crippen molar-refractivity contribution in [2.24, 2.45) is 0 Å². The number of amides is 1. The van der Waals surface area contributed by atoms with Crippen LogP contribution in [0.25, 0.3) is 10.8 Å². The average molecular weight is 471 g/mol. The summed E-state index contributed by atoms with van der Waals surface area (Å²) in [7, 11) is -3.65. The van der Waals surface area contributed by atoms with E-state index in [1.165, 1.54) is 0 Å². The third kappa shape index (κ3) is 4.46. The van der Waals surface area contributed by atoms with Crippen LogP contribution in [-0.2, 0) is 15.6 Å². The Morgan fingerprint density at radius 2 is 1.59 bits per heavy atom. The summed E-state index contributed by atoms with van der Waals surface area (Å²) in [5.74, 6) is -0.414. The largest absolute Gasteiger partial charge is 0.330 e. The van der Waals surface area contributed by atoms with Crippen molar-refractivity contribution in [3.8, 4) is 0 Å². The van der Waals surface area contributed by atoms with E-state index in [-0.39, 0.29) is 28.3 Å². The summed E-state index contributed by atoms with van der Waals surface area (Å²) in [5.41, 5.74) is 1.77. The van der Waals surface area contributed by atoms with Gasteiger partial charge in [-0.2, -0.15) is 0 Å². The molecular formula is C28H26N2O3S. The lowest BCUT2D eigenvalue weighted by Gasteiger charge is -2.36. The van der Waals surface area contributed by atoms with Gasteiger partial charge in [-0.3, -0.25) is 4.79 Å². The van der Waals surface area contributed by atoms with Crippen molar-refractivity contribution in [3.05, 3.63) is 108 Å². The molecule has 1 aliphatic rings. The summed E-state index contributed by atoms with van der Waals surface area (Å²) < 4.78 is 26.6. The first kappa shape index (κ1) is 22.3. The van der Waals surface area contributed by atoms with Gasteiger partial charge in [0.1, 0.15) is 5.69 Å². The normalized spacial score (nSPS) is 16.5. The van der Waals surface area contributed by atoms with Crippen molar-refractivity contribution in [1.82, 2.24) is 9.88 Å². The van der Waals surface area contributed by atoms with Crippen molar-refractivity contribution in [2.45, 2.75) is 36.0 Å². The van der Waals surface area contributed by atoms with Gasteiger partial charge in [-0.1, -0.05) is 72.8 Å². The van der Waals surface area contributed by atoms with Gasteiger partial charge in [-0.15, -0.1) is 0 Å². The predicted octanol–water partition coefficient (Wildman–Crippen LogP) is 5.58. The molecule has 1 saturated heterocycles. The zero-order chi connectivity index (χ0) is 23.5. The van der Waals surface area contributed by atoms with E-state index >= 15 is 0 Å². The topological polar surface area (TPSA) is 67.3 Å². The van der Waals surface area contributed by atoms with E-state index < -0.39 is 9.84 Å². The van der Waals surface area contributed by atoms with Gasteiger partial charge in [0, 0.05) is 11.9 Å². The first-order valence-electron chi connectivity index (χ1n) is 11.6. The smallest absolute Gasteiger partial charge is 0.272 e. The summed E-state index contributed by atoms with van der Waals surface area (Å²) in [4.78, 5) is 20.1. The van der Waals surface area contributed by atoms with Crippen LogP contribution >= 0.6 is 0 Å². The fourth-order valence-electron chi connectivity index (χ4n) is 4.76. The minimum atomic E-state index is -3.65. The number of pyridine rings is 1. The van der Waals surface area contributed by atoms with Crippen LogP contribution in [0.2, 0.25) is 0 Å². The number of carbonyl (C=O) groups excluding carboxylic acids is 1. The number of benzene rings is 3. The van der Waals surface area contributed by atoms with Crippen LogP contribution in [0, 0.1) is 0 Å². The number of hydrogen-bond donors (Lipinski definition) is 0. The van der Waals surface area contributed by atoms with Gasteiger partial charge in [0.15, 0.2) is 9.84 Å². The number of aromatic nitrogens is 1. The van der Waals surface area contributed by atoms with E-state index in [9.17, 15) is 13.2 Å². The summed E-state index contributed by atoms with van der Waals surface area (Å²) in [5, 5.41) is 1.56. The van der Waals surface area contributed by atoms with Crippen LogP contribution in [0.1, 0.15) is 47.1 Å². The number of likely N-dealkylation sites (tertiary alicyclic amines) is 1. The first-order valence-corrected chi connectivity index (χ1v) is 13.2. The van der Waals surface area contributed by atoms with E-state index in [0.29, 0.717) is 17.6 Å². The quantitative estimate of drug-likeness (QED) is 0.382. The minimum absolute atomic E-state index is 0.00678. The highest BCUT2D eigenvalue weighted by Gasteiger charge is 2.29. The minimum Gasteiger partial charge on any atom is -0.330 e. The van der Waals surface area contributed by atoms with Crippen LogP contribution in [0.5, 0.6) is 0 Å². The molecule has 1 unspecified atom stereocenters. The predicted molar refractivity (Wildman–Crippen MR) is 133 cm³/mol. The van der Waals surface area contributed by atoms with Crippen LogP contribution in [0.3, 0.4) is 0 Å². The Balaban J connectivity index is 1.42. The highest BCUT2D eigenvalue weighted by atomic mass is 32.2. The molecule has 0 radical (unpaired) electrons. The lowest BCUT2D eigenvalue weighted by molar-refractivity contribution is 0.0605. The summed E-state index contributed by atoms with van der Waals surface area (Å²) >= 11 is 0. The van der Waals surface area contributed by atoms with E-state index in [1.54, 1.807) is 30.3 Å². The van der Waals surface area contributed by atoms with E-state index in [0.717, 1.165) is 30.2 Å². The average Bonchev–Trinajstić information content (AvgIpc) is 2.88. The highest BCUT2D eigenvalue weighted by molar-refractivity contribution is 7.90. The zero-order valence-corrected chi connectivity index (χ0v) is 19.6. The standard InChI is InChI=1S/C28H26N2O3S/c31-28(30-19-7-6-17-26(30)22-11-2-1-3-12-22)25-16-9-14-23(29-25)20-34(32,33)27-18-8-13-21-10-4-5-15-24(21)27/h1-5,8-16,18,26H,6-7,17,19-20H2. The molecule has 1 atom stereocenters. The molecule has 4 aromatic rings. The van der Waals surface area contributed by atoms with Crippen LogP contribution in [-0.4, -0.2) is 30.8 Å². The fraction of sp³-hybridized carbons (Fsp3) is 0.214. The maximum absolute atomic E-state index is 13.5. The van der Waals surface area contributed by atoms with Crippen LogP contribution in [0.4, 0.5) is 0 Å². The van der Waals surface area contributed by atoms with E-state index in [4.69, 9.17) is 0 Å². The molecule has 1 amide bonds. The molecule has 6 heteroatoms. The lowest BCUT2D eigenvalue weighted by Crippen LogP contribution is -2.39. The molecule has 3 aromatic carbocycles. The molecule has 5 rings (SSSR count). The number of nitrogens with zero attached hydrogens (tertiary/aromatic N) is 2. The molecule has 2 heterocycles. The Morgan fingerprint density at radius 1 is 0.853 bits per heavy atom. The molecule has 5 nitrogen and oxygen atoms in total. The molecular weight excluding hydrogens is 444 g/mol. The molecule has 172 valence electrons. The SMILES string of the molecule is O=C(c1cccc(CS(=O)(=O)c2cccc3ccccc23)n1)N1CCCCC1c1ccccc1. The van der Waals surface area contributed by atoms with Crippen LogP contribution in [0.15, 0.2) is 95.9 Å². The van der Waals surface area contributed by atoms with Gasteiger partial charge >= 0.3 is 0 Å². The molecule has 0 N–H and O–H groups in total. The molecule has 0 bridgehead atoms. The van der Waals surface area contributed by atoms with Crippen molar-refractivity contribution in [1.29, 1.82) is 0 Å². The van der Waals surface area contributed by atoms with Gasteiger partial charge in [-0.05, 0) is 48.4 Å². The van der Waals surface area contributed by atoms with Gasteiger partial charge < -0.3 is 4.90 Å². The van der Waals surface area contributed by atoms with Gasteiger partial charge in [0.05, 0.1) is 22.4 Å². The second kappa shape index (κ2) is 9.39. The van der Waals surface area contributed by atoms with Crippen molar-refractivity contribution < 1.29 is 13.2 Å². The second-order valence-electron chi connectivity index (χ2n) is 8.67. The summed E-state index contributed by atoms with van der Waals surface area (Å²) in [6.07, 6.45) is 2.93. The van der Waals surface area contributed by atoms with Crippen molar-refractivity contribution >= 4 is 26.5 Å². The lowest BCUT2D eigenvalue weighted by atomic mass is 9.95. The third-order valence-corrected chi connectivity index (χ3v) is 8.10. The number of fused-ring (bicyclic) bond motifs is 1. The fourth-order valence-corrected chi connectivity index (χ4v) is 6.27. The molecule has 1 fully saturated rings. The van der Waals surface area contributed by atoms with Gasteiger partial charge in [0.25, 0.3) is 5.91 Å². The number of piperidine rings is 1. The molecule has 0 spiro atoms. The molecule has 1 aliphatic heterocycles. The number of carbonyl (C=O) groups is 1. The highest BCUT2D eigenvalue weighted by Crippen LogP contribution is 2.32. The van der Waals surface area contributed by atoms with Crippen molar-refractivity contribution in [3.63, 3.8) is 0 Å². The maximum atomic E-state index is 13.5. The first-order chi connectivity index (χ1) is 16.5. The Morgan fingerprint density at radius 3 is 2.44 bits per heavy atom. The van der Waals surface area contributed by atoms with Gasteiger partial charge in [-0.25, -0.2) is 13.4 Å². The van der Waals surface area contributed by atoms with Crippen molar-refractivity contribution in [2.75, 3.05) is 6.54 Å². The molecule has 1 aromatic heterocycles. The summed E-state index contributed by atoms with van der Waals surface area (Å²) in [6, 6.07) is 27.8. The monoisotopic (exact) mass is 470 g/mol. The van der Waals surface area contributed by atoms with E-state index in [2.05, 4.69) is 17.1 Å². The third-order valence-electron chi connectivity index (χ3n) is 6.40. The van der Waals surface area contributed by atoms with Gasteiger partial charge in [0.2, 0.25) is 0 Å². The maximum Gasteiger partial charge on any atom is 0.272 e. The molecule has 0 saturated carbocycles. The Hall–Kier alpha value is -3.51. The number of hydrogen-bond acceptors (Lipinski definition) is 4. The Kier molecular flexibility index (Phi) is 6.16. The van der Waals surface area contributed by atoms with E-state index in [1.807, 2.05) is 53.4 Å². The molecule has 0 aliphatic carbocycles. The molecule has 34 heavy (non-hydrogen) atoms. The number of sulfone groups is 1. The summed E-state index contributed by atoms with van der Waals surface area (Å²) in [6.45, 7) is 0.665. The second-order valence-corrected chi connectivity index (χ2v) is 10.6. The van der Waals surface area contributed by atoms with Crippen LogP contribution < -0.4 is 0 Å². The number of rotatable bonds is 5. The zero-order valence-electron chi connectivity index (χ0n) is 18.8.